The van der Waals surface area contributed by atoms with Crippen molar-refractivity contribution in [2.24, 2.45) is 5.92 Å². The van der Waals surface area contributed by atoms with Crippen LogP contribution in [-0.2, 0) is 16.1 Å². The van der Waals surface area contributed by atoms with Crippen LogP contribution in [0.5, 0.6) is 0 Å². The van der Waals surface area contributed by atoms with Gasteiger partial charge in [0.1, 0.15) is 24.5 Å². The first-order valence-corrected chi connectivity index (χ1v) is 11.7. The van der Waals surface area contributed by atoms with Crippen molar-refractivity contribution in [3.8, 4) is 11.4 Å². The number of amides is 2. The quantitative estimate of drug-likeness (QED) is 0.523. The van der Waals surface area contributed by atoms with Crippen LogP contribution in [0.1, 0.15) is 32.0 Å². The zero-order valence-electron chi connectivity index (χ0n) is 19.9. The number of anilines is 1. The van der Waals surface area contributed by atoms with E-state index in [1.165, 1.54) is 6.33 Å². The van der Waals surface area contributed by atoms with E-state index >= 15 is 0 Å². The second kappa shape index (κ2) is 8.39. The first kappa shape index (κ1) is 22.3. The summed E-state index contributed by atoms with van der Waals surface area (Å²) in [6.07, 6.45) is 7.40. The maximum Gasteiger partial charge on any atom is 0.317 e. The van der Waals surface area contributed by atoms with Gasteiger partial charge in [-0.2, -0.15) is 0 Å². The Morgan fingerprint density at radius 1 is 1.18 bits per heavy atom. The SMILES string of the molecule is CCn1c(-c2cnc(C)nc2)nc2c(N[C@H]3C[C@H](C(=O)NC)[N+](C)(C(=O)C4CC4)C3)ncnc21. The van der Waals surface area contributed by atoms with Crippen LogP contribution < -0.4 is 10.6 Å². The number of likely N-dealkylation sites (N-methyl/N-ethyl adjacent to an activating group) is 2. The summed E-state index contributed by atoms with van der Waals surface area (Å²) in [7, 11) is 3.51. The van der Waals surface area contributed by atoms with E-state index in [1.54, 1.807) is 19.4 Å². The van der Waals surface area contributed by atoms with Gasteiger partial charge in [-0.15, -0.1) is 0 Å². The highest BCUT2D eigenvalue weighted by atomic mass is 16.2. The molecule has 0 aromatic carbocycles. The minimum atomic E-state index is -0.429. The van der Waals surface area contributed by atoms with E-state index in [9.17, 15) is 9.59 Å². The largest absolute Gasteiger partial charge is 0.359 e. The van der Waals surface area contributed by atoms with Gasteiger partial charge in [-0.3, -0.25) is 9.28 Å². The van der Waals surface area contributed by atoms with E-state index < -0.39 is 6.04 Å². The topological polar surface area (TPSA) is 128 Å². The van der Waals surface area contributed by atoms with Crippen LogP contribution in [0.2, 0.25) is 0 Å². The Hall–Kier alpha value is -3.47. The van der Waals surface area contributed by atoms with Crippen molar-refractivity contribution in [2.75, 3.05) is 26.0 Å². The smallest absolute Gasteiger partial charge is 0.317 e. The molecule has 34 heavy (non-hydrogen) atoms. The van der Waals surface area contributed by atoms with Crippen LogP contribution >= 0.6 is 0 Å². The molecule has 0 bridgehead atoms. The van der Waals surface area contributed by atoms with Gasteiger partial charge in [0.25, 0.3) is 5.91 Å². The van der Waals surface area contributed by atoms with Crippen molar-refractivity contribution in [3.05, 3.63) is 24.5 Å². The van der Waals surface area contributed by atoms with E-state index in [1.807, 2.05) is 25.5 Å². The van der Waals surface area contributed by atoms with E-state index in [-0.39, 0.29) is 28.3 Å². The number of hydrogen-bond donors (Lipinski definition) is 2. The number of rotatable bonds is 6. The summed E-state index contributed by atoms with van der Waals surface area (Å²) in [5, 5.41) is 6.22. The second-order valence-electron chi connectivity index (χ2n) is 9.36. The number of likely N-dealkylation sites (tertiary alicyclic amines) is 1. The fourth-order valence-corrected chi connectivity index (χ4v) is 5.05. The molecule has 1 aliphatic carbocycles. The van der Waals surface area contributed by atoms with Gasteiger partial charge < -0.3 is 15.2 Å². The summed E-state index contributed by atoms with van der Waals surface area (Å²) in [6.45, 7) is 5.06. The molecule has 1 saturated heterocycles. The molecule has 2 amide bonds. The Balaban J connectivity index is 1.48. The maximum atomic E-state index is 13.1. The molecule has 1 aliphatic heterocycles. The van der Waals surface area contributed by atoms with Gasteiger partial charge in [0.2, 0.25) is 0 Å². The summed E-state index contributed by atoms with van der Waals surface area (Å²) in [5.74, 6) is 2.13. The highest BCUT2D eigenvalue weighted by Gasteiger charge is 2.56. The molecule has 11 heteroatoms. The van der Waals surface area contributed by atoms with Crippen molar-refractivity contribution >= 4 is 28.8 Å². The lowest BCUT2D eigenvalue weighted by molar-refractivity contribution is -0.838. The minimum Gasteiger partial charge on any atom is -0.359 e. The van der Waals surface area contributed by atoms with Gasteiger partial charge >= 0.3 is 5.91 Å². The van der Waals surface area contributed by atoms with Gasteiger partial charge in [0, 0.05) is 32.4 Å². The first-order chi connectivity index (χ1) is 16.4. The number of nitrogens with one attached hydrogen (secondary N) is 2. The molecule has 5 rings (SSSR count). The van der Waals surface area contributed by atoms with Crippen molar-refractivity contribution in [3.63, 3.8) is 0 Å². The van der Waals surface area contributed by atoms with Crippen molar-refractivity contribution < 1.29 is 14.1 Å². The van der Waals surface area contributed by atoms with Gasteiger partial charge in [0.05, 0.1) is 24.6 Å². The van der Waals surface area contributed by atoms with Gasteiger partial charge in [-0.25, -0.2) is 29.7 Å². The summed E-state index contributed by atoms with van der Waals surface area (Å²) in [6, 6.07) is -0.535. The Bertz CT molecular complexity index is 1250. The zero-order valence-corrected chi connectivity index (χ0v) is 19.9. The molecule has 3 aromatic heterocycles. The lowest BCUT2D eigenvalue weighted by Gasteiger charge is -2.32. The third-order valence-corrected chi connectivity index (χ3v) is 7.00. The standard InChI is InChI=1S/C23H29N9O2/c1-5-31-20(15-9-25-13(2)26-10-15)30-18-19(27-12-28-21(18)31)29-16-8-17(22(33)24-3)32(4,11-16)23(34)14-6-7-14/h9-10,12,14,16-17H,5-8,11H2,1-4H3,(H-,24,27,28,29,33)/p+1/t16-,17+,32?/m0/s1. The molecule has 2 fully saturated rings. The predicted molar refractivity (Wildman–Crippen MR) is 125 cm³/mol. The molecule has 11 nitrogen and oxygen atoms in total. The van der Waals surface area contributed by atoms with E-state index in [2.05, 4.69) is 30.6 Å². The summed E-state index contributed by atoms with van der Waals surface area (Å²) >= 11 is 0. The number of aryl methyl sites for hydroxylation is 2. The molecule has 0 radical (unpaired) electrons. The summed E-state index contributed by atoms with van der Waals surface area (Å²) in [5.41, 5.74) is 2.16. The Morgan fingerprint density at radius 3 is 2.56 bits per heavy atom. The summed E-state index contributed by atoms with van der Waals surface area (Å²) in [4.78, 5) is 48.3. The van der Waals surface area contributed by atoms with Crippen LogP contribution in [0.4, 0.5) is 5.82 Å². The molecule has 178 valence electrons. The maximum absolute atomic E-state index is 13.1. The molecule has 3 aromatic rings. The number of nitrogens with zero attached hydrogens (tertiary/aromatic N) is 7. The van der Waals surface area contributed by atoms with Gasteiger partial charge in [-0.05, 0) is 26.7 Å². The van der Waals surface area contributed by atoms with Crippen LogP contribution in [0.25, 0.3) is 22.6 Å². The zero-order chi connectivity index (χ0) is 24.0. The molecular formula is C23H30N9O2+. The number of aromatic nitrogens is 6. The molecule has 1 unspecified atom stereocenters. The predicted octanol–water partition coefficient (Wildman–Crippen LogP) is 1.29. The van der Waals surface area contributed by atoms with Crippen LogP contribution in [0, 0.1) is 12.8 Å². The number of quaternary nitrogens is 1. The normalized spacial score (nSPS) is 24.4. The second-order valence-corrected chi connectivity index (χ2v) is 9.36. The fraction of sp³-hybridized carbons (Fsp3) is 0.522. The molecule has 2 N–H and O–H groups in total. The van der Waals surface area contributed by atoms with E-state index in [4.69, 9.17) is 4.98 Å². The molecule has 2 aliphatic rings. The monoisotopic (exact) mass is 464 g/mol. The number of imidazole rings is 1. The molecular weight excluding hydrogens is 434 g/mol. The van der Waals surface area contributed by atoms with Crippen molar-refractivity contribution in [1.82, 2.24) is 34.8 Å². The fourth-order valence-electron chi connectivity index (χ4n) is 5.05. The lowest BCUT2D eigenvalue weighted by atomic mass is 10.1. The number of carbonyl (C=O) groups is 2. The number of carbonyl (C=O) groups excluding carboxylic acids is 2. The van der Waals surface area contributed by atoms with Gasteiger partial charge in [0.15, 0.2) is 23.0 Å². The molecule has 3 atom stereocenters. The molecule has 4 heterocycles. The van der Waals surface area contributed by atoms with Crippen LogP contribution in [-0.4, -0.2) is 78.5 Å². The van der Waals surface area contributed by atoms with E-state index in [0.29, 0.717) is 42.3 Å². The Labute approximate surface area is 197 Å². The third kappa shape index (κ3) is 3.69. The van der Waals surface area contributed by atoms with Gasteiger partial charge in [-0.1, -0.05) is 0 Å². The average Bonchev–Trinajstić information content (AvgIpc) is 3.53. The highest BCUT2D eigenvalue weighted by molar-refractivity contribution is 5.87. The van der Waals surface area contributed by atoms with Crippen LogP contribution in [0.15, 0.2) is 18.7 Å². The van der Waals surface area contributed by atoms with Crippen LogP contribution in [0.3, 0.4) is 0 Å². The summed E-state index contributed by atoms with van der Waals surface area (Å²) < 4.78 is 2.13. The average molecular weight is 465 g/mol. The molecule has 1 saturated carbocycles. The van der Waals surface area contributed by atoms with Crippen molar-refractivity contribution in [1.29, 1.82) is 0 Å². The number of hydrogen-bond acceptors (Lipinski definition) is 8. The minimum absolute atomic E-state index is 0.0706. The first-order valence-electron chi connectivity index (χ1n) is 11.7. The Kier molecular flexibility index (Phi) is 5.51. The molecule has 0 spiro atoms. The lowest BCUT2D eigenvalue weighted by Crippen LogP contribution is -2.58. The van der Waals surface area contributed by atoms with E-state index in [0.717, 1.165) is 24.2 Å². The Morgan fingerprint density at radius 2 is 1.91 bits per heavy atom. The van der Waals surface area contributed by atoms with Crippen molar-refractivity contribution in [2.45, 2.75) is 51.7 Å². The third-order valence-electron chi connectivity index (χ3n) is 7.00. The highest BCUT2D eigenvalue weighted by Crippen LogP contribution is 2.38. The number of fused-ring (bicyclic) bond motifs is 1.